The van der Waals surface area contributed by atoms with Crippen LogP contribution in [0.5, 0.6) is 0 Å². The van der Waals surface area contributed by atoms with Crippen molar-refractivity contribution in [2.24, 2.45) is 0 Å². The Morgan fingerprint density at radius 1 is 1.33 bits per heavy atom. The molecule has 1 aromatic heterocycles. The van der Waals surface area contributed by atoms with Gasteiger partial charge < -0.3 is 9.84 Å². The van der Waals surface area contributed by atoms with Crippen LogP contribution in [0.2, 0.25) is 0 Å². The highest BCUT2D eigenvalue weighted by Gasteiger charge is 2.06. The molecule has 15 heavy (non-hydrogen) atoms. The van der Waals surface area contributed by atoms with Gasteiger partial charge in [0.15, 0.2) is 11.6 Å². The zero-order valence-corrected chi connectivity index (χ0v) is 7.71. The van der Waals surface area contributed by atoms with Crippen LogP contribution in [-0.2, 0) is 6.54 Å². The highest BCUT2D eigenvalue weighted by Crippen LogP contribution is 2.17. The van der Waals surface area contributed by atoms with Crippen molar-refractivity contribution in [2.45, 2.75) is 6.54 Å². The van der Waals surface area contributed by atoms with Gasteiger partial charge in [-0.3, -0.25) is 0 Å². The monoisotopic (exact) mass is 210 g/mol. The van der Waals surface area contributed by atoms with Crippen molar-refractivity contribution >= 4 is 5.69 Å². The highest BCUT2D eigenvalue weighted by molar-refractivity contribution is 5.45. The summed E-state index contributed by atoms with van der Waals surface area (Å²) in [6.07, 6.45) is 2.94. The molecule has 0 saturated carbocycles. The first-order valence-corrected chi connectivity index (χ1v) is 4.33. The number of benzene rings is 1. The Morgan fingerprint density at radius 2 is 2.20 bits per heavy atom. The number of aromatic nitrogens is 1. The Morgan fingerprint density at radius 3 is 2.93 bits per heavy atom. The number of hydrogen-bond donors (Lipinski definition) is 1. The van der Waals surface area contributed by atoms with E-state index in [0.717, 1.165) is 11.6 Å². The van der Waals surface area contributed by atoms with Crippen LogP contribution in [0.1, 0.15) is 5.56 Å². The van der Waals surface area contributed by atoms with Crippen LogP contribution in [0.4, 0.5) is 14.5 Å². The predicted molar refractivity (Wildman–Crippen MR) is 50.2 cm³/mol. The van der Waals surface area contributed by atoms with E-state index < -0.39 is 11.6 Å². The van der Waals surface area contributed by atoms with Crippen LogP contribution < -0.4 is 5.32 Å². The van der Waals surface area contributed by atoms with E-state index in [1.54, 1.807) is 0 Å². The molecule has 1 N–H and O–H groups in total. The lowest BCUT2D eigenvalue weighted by Gasteiger charge is -2.05. The number of nitrogens with one attached hydrogen (secondary N) is 1. The first kappa shape index (κ1) is 9.64. The van der Waals surface area contributed by atoms with Gasteiger partial charge >= 0.3 is 0 Å². The maximum atomic E-state index is 13.2. The van der Waals surface area contributed by atoms with Crippen LogP contribution in [0.3, 0.4) is 0 Å². The Hall–Kier alpha value is -1.91. The molecule has 0 bridgehead atoms. The number of rotatable bonds is 3. The van der Waals surface area contributed by atoms with E-state index in [0.29, 0.717) is 6.54 Å². The van der Waals surface area contributed by atoms with Crippen molar-refractivity contribution in [3.05, 3.63) is 47.9 Å². The number of nitrogens with zero attached hydrogens (tertiary/aromatic N) is 1. The van der Waals surface area contributed by atoms with Gasteiger partial charge in [-0.15, -0.1) is 0 Å². The summed E-state index contributed by atoms with van der Waals surface area (Å²) < 4.78 is 30.6. The third kappa shape index (κ3) is 2.12. The van der Waals surface area contributed by atoms with Crippen LogP contribution in [0, 0.1) is 11.6 Å². The maximum Gasteiger partial charge on any atom is 0.181 e. The Balaban J connectivity index is 2.08. The number of halogens is 2. The highest BCUT2D eigenvalue weighted by atomic mass is 19.2. The van der Waals surface area contributed by atoms with E-state index in [-0.39, 0.29) is 5.69 Å². The first-order valence-electron chi connectivity index (χ1n) is 4.33. The molecule has 3 nitrogen and oxygen atoms in total. The van der Waals surface area contributed by atoms with E-state index in [1.807, 2.05) is 0 Å². The fraction of sp³-hybridized carbons (Fsp3) is 0.100. The third-order valence-electron chi connectivity index (χ3n) is 1.92. The summed E-state index contributed by atoms with van der Waals surface area (Å²) in [7, 11) is 0. The lowest BCUT2D eigenvalue weighted by Crippen LogP contribution is -2.01. The average Bonchev–Trinajstić information content (AvgIpc) is 2.73. The zero-order valence-electron chi connectivity index (χ0n) is 7.71. The second-order valence-electron chi connectivity index (χ2n) is 2.99. The van der Waals surface area contributed by atoms with Crippen molar-refractivity contribution in [3.8, 4) is 0 Å². The van der Waals surface area contributed by atoms with Crippen molar-refractivity contribution in [2.75, 3.05) is 5.32 Å². The molecule has 0 fully saturated rings. The SMILES string of the molecule is Fc1cccc(NCc2cnoc2)c1F. The summed E-state index contributed by atoms with van der Waals surface area (Å²) in [4.78, 5) is 0. The largest absolute Gasteiger partial charge is 0.378 e. The van der Waals surface area contributed by atoms with Gasteiger partial charge in [-0.25, -0.2) is 8.78 Å². The molecule has 0 atom stereocenters. The van der Waals surface area contributed by atoms with E-state index >= 15 is 0 Å². The normalized spacial score (nSPS) is 10.3. The summed E-state index contributed by atoms with van der Waals surface area (Å²) in [5, 5.41) is 6.23. The van der Waals surface area contributed by atoms with E-state index in [1.165, 1.54) is 24.6 Å². The molecule has 78 valence electrons. The van der Waals surface area contributed by atoms with Gasteiger partial charge in [-0.05, 0) is 12.1 Å². The number of anilines is 1. The summed E-state index contributed by atoms with van der Waals surface area (Å²) in [5.74, 6) is -1.75. The van der Waals surface area contributed by atoms with Crippen molar-refractivity contribution < 1.29 is 13.3 Å². The van der Waals surface area contributed by atoms with Crippen LogP contribution in [0.25, 0.3) is 0 Å². The topological polar surface area (TPSA) is 38.1 Å². The fourth-order valence-electron chi connectivity index (χ4n) is 1.15. The minimum absolute atomic E-state index is 0.121. The third-order valence-corrected chi connectivity index (χ3v) is 1.92. The molecular formula is C10H8F2N2O. The smallest absolute Gasteiger partial charge is 0.181 e. The Kier molecular flexibility index (Phi) is 2.62. The number of hydrogen-bond acceptors (Lipinski definition) is 3. The van der Waals surface area contributed by atoms with Gasteiger partial charge in [0.2, 0.25) is 0 Å². The van der Waals surface area contributed by atoms with E-state index in [4.69, 9.17) is 0 Å². The van der Waals surface area contributed by atoms with E-state index in [2.05, 4.69) is 15.0 Å². The molecule has 0 amide bonds. The minimum Gasteiger partial charge on any atom is -0.378 e. The van der Waals surface area contributed by atoms with Gasteiger partial charge in [0.05, 0.1) is 11.9 Å². The van der Waals surface area contributed by atoms with Gasteiger partial charge in [0.25, 0.3) is 0 Å². The van der Waals surface area contributed by atoms with Gasteiger partial charge in [0.1, 0.15) is 6.26 Å². The zero-order chi connectivity index (χ0) is 10.7. The molecule has 0 spiro atoms. The molecule has 5 heteroatoms. The van der Waals surface area contributed by atoms with Crippen LogP contribution in [-0.4, -0.2) is 5.16 Å². The quantitative estimate of drug-likeness (QED) is 0.846. The standard InChI is InChI=1S/C10H8F2N2O/c11-8-2-1-3-9(10(8)12)13-4-7-5-14-15-6-7/h1-3,5-6,13H,4H2. The Labute approximate surface area is 84.7 Å². The van der Waals surface area contributed by atoms with Gasteiger partial charge in [0, 0.05) is 12.1 Å². The molecule has 1 heterocycles. The molecule has 0 unspecified atom stereocenters. The predicted octanol–water partition coefficient (Wildman–Crippen LogP) is 2.56. The van der Waals surface area contributed by atoms with Crippen LogP contribution >= 0.6 is 0 Å². The molecule has 2 aromatic rings. The molecule has 0 aliphatic heterocycles. The average molecular weight is 210 g/mol. The van der Waals surface area contributed by atoms with Crippen LogP contribution in [0.15, 0.2) is 35.2 Å². The minimum atomic E-state index is -0.881. The lowest BCUT2D eigenvalue weighted by atomic mass is 10.2. The lowest BCUT2D eigenvalue weighted by molar-refractivity contribution is 0.419. The summed E-state index contributed by atoms with van der Waals surface area (Å²) in [6, 6.07) is 3.97. The van der Waals surface area contributed by atoms with E-state index in [9.17, 15) is 8.78 Å². The summed E-state index contributed by atoms with van der Waals surface area (Å²) >= 11 is 0. The van der Waals surface area contributed by atoms with Crippen molar-refractivity contribution in [1.82, 2.24) is 5.16 Å². The molecule has 1 aromatic carbocycles. The molecule has 0 aliphatic rings. The van der Waals surface area contributed by atoms with Gasteiger partial charge in [-0.2, -0.15) is 0 Å². The molecule has 0 radical (unpaired) electrons. The maximum absolute atomic E-state index is 13.2. The fourth-order valence-corrected chi connectivity index (χ4v) is 1.15. The summed E-state index contributed by atoms with van der Waals surface area (Å²) in [6.45, 7) is 0.337. The summed E-state index contributed by atoms with van der Waals surface area (Å²) in [5.41, 5.74) is 0.884. The molecule has 0 aliphatic carbocycles. The second-order valence-corrected chi connectivity index (χ2v) is 2.99. The molecule has 0 saturated heterocycles. The van der Waals surface area contributed by atoms with Gasteiger partial charge in [-0.1, -0.05) is 11.2 Å². The first-order chi connectivity index (χ1) is 7.27. The molecule has 2 rings (SSSR count). The molecular weight excluding hydrogens is 202 g/mol. The Bertz CT molecular complexity index is 443. The van der Waals surface area contributed by atoms with Crippen molar-refractivity contribution in [3.63, 3.8) is 0 Å². The second kappa shape index (κ2) is 4.08. The van der Waals surface area contributed by atoms with Crippen molar-refractivity contribution in [1.29, 1.82) is 0 Å².